The molecule has 100 valence electrons. The molecule has 0 aromatic heterocycles. The number of hydrogen-bond acceptors (Lipinski definition) is 1. The molecule has 0 amide bonds. The molecular formula is C13H22F3N. The van der Waals surface area contributed by atoms with Crippen molar-refractivity contribution in [3.05, 3.63) is 0 Å². The highest BCUT2D eigenvalue weighted by Gasteiger charge is 2.43. The van der Waals surface area contributed by atoms with Crippen molar-refractivity contribution in [2.75, 3.05) is 6.54 Å². The van der Waals surface area contributed by atoms with E-state index in [4.69, 9.17) is 0 Å². The third-order valence-electron chi connectivity index (χ3n) is 4.35. The van der Waals surface area contributed by atoms with Crippen LogP contribution in [0.5, 0.6) is 0 Å². The fourth-order valence-corrected chi connectivity index (χ4v) is 3.35. The van der Waals surface area contributed by atoms with Crippen molar-refractivity contribution in [3.63, 3.8) is 0 Å². The molecule has 3 atom stereocenters. The Morgan fingerprint density at radius 1 is 0.882 bits per heavy atom. The third kappa shape index (κ3) is 3.60. The van der Waals surface area contributed by atoms with Gasteiger partial charge in [-0.2, -0.15) is 13.2 Å². The molecule has 0 aromatic carbocycles. The van der Waals surface area contributed by atoms with Gasteiger partial charge in [0.05, 0.1) is 5.92 Å². The fourth-order valence-electron chi connectivity index (χ4n) is 3.35. The third-order valence-corrected chi connectivity index (χ3v) is 4.35. The van der Waals surface area contributed by atoms with Crippen molar-refractivity contribution in [2.24, 2.45) is 11.8 Å². The minimum absolute atomic E-state index is 0.244. The van der Waals surface area contributed by atoms with Gasteiger partial charge in [-0.15, -0.1) is 0 Å². The average molecular weight is 249 g/mol. The monoisotopic (exact) mass is 249 g/mol. The van der Waals surface area contributed by atoms with E-state index in [-0.39, 0.29) is 5.92 Å². The molecule has 17 heavy (non-hydrogen) atoms. The van der Waals surface area contributed by atoms with E-state index in [0.29, 0.717) is 18.9 Å². The van der Waals surface area contributed by atoms with Gasteiger partial charge in [-0.05, 0) is 44.6 Å². The maximum atomic E-state index is 12.7. The van der Waals surface area contributed by atoms with Gasteiger partial charge in [0.1, 0.15) is 0 Å². The first-order valence-electron chi connectivity index (χ1n) is 6.87. The van der Waals surface area contributed by atoms with Crippen LogP contribution in [-0.4, -0.2) is 18.8 Å². The Morgan fingerprint density at radius 3 is 2.47 bits per heavy atom. The van der Waals surface area contributed by atoms with Crippen molar-refractivity contribution < 1.29 is 13.2 Å². The molecule has 2 fully saturated rings. The summed E-state index contributed by atoms with van der Waals surface area (Å²) in [4.78, 5) is 0. The summed E-state index contributed by atoms with van der Waals surface area (Å²) in [5, 5.41) is 3.46. The SMILES string of the molecule is FC(F)(F)C1CCCC(C2CCCCCN2)C1. The molecule has 1 nitrogen and oxygen atoms in total. The number of halogens is 3. The van der Waals surface area contributed by atoms with E-state index in [9.17, 15) is 13.2 Å². The van der Waals surface area contributed by atoms with E-state index in [2.05, 4.69) is 5.32 Å². The average Bonchev–Trinajstić information content (AvgIpc) is 2.56. The van der Waals surface area contributed by atoms with Crippen molar-refractivity contribution in [1.29, 1.82) is 0 Å². The Balaban J connectivity index is 1.91. The number of hydrogen-bond donors (Lipinski definition) is 1. The summed E-state index contributed by atoms with van der Waals surface area (Å²) in [5.74, 6) is -0.806. The molecule has 0 radical (unpaired) electrons. The summed E-state index contributed by atoms with van der Waals surface area (Å²) in [6.45, 7) is 0.984. The minimum Gasteiger partial charge on any atom is -0.314 e. The van der Waals surface area contributed by atoms with Crippen molar-refractivity contribution in [2.45, 2.75) is 63.6 Å². The lowest BCUT2D eigenvalue weighted by molar-refractivity contribution is -0.186. The van der Waals surface area contributed by atoms with Crippen LogP contribution in [0.1, 0.15) is 51.4 Å². The van der Waals surface area contributed by atoms with Gasteiger partial charge < -0.3 is 5.32 Å². The second-order valence-corrected chi connectivity index (χ2v) is 5.58. The Hall–Kier alpha value is -0.250. The van der Waals surface area contributed by atoms with Crippen LogP contribution in [0.25, 0.3) is 0 Å². The lowest BCUT2D eigenvalue weighted by atomic mass is 9.76. The fraction of sp³-hybridized carbons (Fsp3) is 1.00. The van der Waals surface area contributed by atoms with E-state index in [1.165, 1.54) is 19.3 Å². The number of rotatable bonds is 1. The highest BCUT2D eigenvalue weighted by Crippen LogP contribution is 2.41. The summed E-state index contributed by atoms with van der Waals surface area (Å²) in [7, 11) is 0. The molecule has 2 aliphatic rings. The second kappa shape index (κ2) is 5.59. The molecule has 1 heterocycles. The van der Waals surface area contributed by atoms with Gasteiger partial charge in [-0.1, -0.05) is 19.3 Å². The molecule has 0 bridgehead atoms. The molecular weight excluding hydrogens is 227 g/mol. The molecule has 0 spiro atoms. The predicted octanol–water partition coefficient (Wildman–Crippen LogP) is 3.89. The van der Waals surface area contributed by atoms with E-state index in [1.54, 1.807) is 0 Å². The highest BCUT2D eigenvalue weighted by atomic mass is 19.4. The van der Waals surface area contributed by atoms with Gasteiger partial charge in [-0.3, -0.25) is 0 Å². The zero-order valence-corrected chi connectivity index (χ0v) is 10.2. The summed E-state index contributed by atoms with van der Waals surface area (Å²) in [6.07, 6.45) is 3.06. The standard InChI is InChI=1S/C13H22F3N/c14-13(15,16)11-6-4-5-10(9-11)12-7-2-1-3-8-17-12/h10-12,17H,1-9H2. The lowest BCUT2D eigenvalue weighted by Crippen LogP contribution is -2.40. The van der Waals surface area contributed by atoms with Crippen LogP contribution in [-0.2, 0) is 0 Å². The molecule has 1 aliphatic carbocycles. The normalized spacial score (nSPS) is 36.5. The van der Waals surface area contributed by atoms with Crippen LogP contribution in [0, 0.1) is 11.8 Å². The van der Waals surface area contributed by atoms with Gasteiger partial charge in [-0.25, -0.2) is 0 Å². The minimum atomic E-state index is -3.98. The molecule has 3 unspecified atom stereocenters. The maximum Gasteiger partial charge on any atom is 0.391 e. The Kier molecular flexibility index (Phi) is 4.34. The molecule has 2 rings (SSSR count). The quantitative estimate of drug-likeness (QED) is 0.743. The van der Waals surface area contributed by atoms with Crippen LogP contribution < -0.4 is 5.32 Å². The van der Waals surface area contributed by atoms with Gasteiger partial charge >= 0.3 is 6.18 Å². The van der Waals surface area contributed by atoms with Crippen molar-refractivity contribution in [1.82, 2.24) is 5.32 Å². The Labute approximate surface area is 101 Å². The molecule has 1 saturated carbocycles. The largest absolute Gasteiger partial charge is 0.391 e. The van der Waals surface area contributed by atoms with Crippen LogP contribution in [0.4, 0.5) is 13.2 Å². The van der Waals surface area contributed by atoms with E-state index < -0.39 is 12.1 Å². The van der Waals surface area contributed by atoms with Crippen LogP contribution in [0.15, 0.2) is 0 Å². The van der Waals surface area contributed by atoms with Gasteiger partial charge in [0.15, 0.2) is 0 Å². The van der Waals surface area contributed by atoms with Gasteiger partial charge in [0.2, 0.25) is 0 Å². The highest BCUT2D eigenvalue weighted by molar-refractivity contribution is 4.86. The Bertz CT molecular complexity index is 231. The topological polar surface area (TPSA) is 12.0 Å². The summed E-state index contributed by atoms with van der Waals surface area (Å²) >= 11 is 0. The van der Waals surface area contributed by atoms with Crippen molar-refractivity contribution >= 4 is 0 Å². The van der Waals surface area contributed by atoms with Crippen LogP contribution >= 0.6 is 0 Å². The van der Waals surface area contributed by atoms with Crippen LogP contribution in [0.2, 0.25) is 0 Å². The molecule has 0 aromatic rings. The summed E-state index contributed by atoms with van der Waals surface area (Å²) in [6, 6.07) is 0.336. The first-order valence-corrected chi connectivity index (χ1v) is 6.87. The maximum absolute atomic E-state index is 12.7. The second-order valence-electron chi connectivity index (χ2n) is 5.58. The number of nitrogens with one attached hydrogen (secondary N) is 1. The van der Waals surface area contributed by atoms with Crippen LogP contribution in [0.3, 0.4) is 0 Å². The molecule has 1 aliphatic heterocycles. The molecule has 4 heteroatoms. The first-order chi connectivity index (χ1) is 8.07. The summed E-state index contributed by atoms with van der Waals surface area (Å²) in [5.41, 5.74) is 0. The van der Waals surface area contributed by atoms with E-state index in [0.717, 1.165) is 25.8 Å². The zero-order chi connectivity index (χ0) is 12.3. The van der Waals surface area contributed by atoms with E-state index in [1.807, 2.05) is 0 Å². The van der Waals surface area contributed by atoms with E-state index >= 15 is 0 Å². The first kappa shape index (κ1) is 13.2. The molecule has 1 saturated heterocycles. The lowest BCUT2D eigenvalue weighted by Gasteiger charge is -2.35. The summed E-state index contributed by atoms with van der Waals surface area (Å²) < 4.78 is 38.2. The van der Waals surface area contributed by atoms with Crippen molar-refractivity contribution in [3.8, 4) is 0 Å². The van der Waals surface area contributed by atoms with Gasteiger partial charge in [0.25, 0.3) is 0 Å². The van der Waals surface area contributed by atoms with Gasteiger partial charge in [0, 0.05) is 6.04 Å². The smallest absolute Gasteiger partial charge is 0.314 e. The number of alkyl halides is 3. The predicted molar refractivity (Wildman–Crippen MR) is 61.8 cm³/mol. The molecule has 1 N–H and O–H groups in total. The zero-order valence-electron chi connectivity index (χ0n) is 10.2. The Morgan fingerprint density at radius 2 is 1.71 bits per heavy atom.